The zero-order valence-corrected chi connectivity index (χ0v) is 21.8. The number of carbonyl (C=O) groups excluding carboxylic acids is 1. The minimum absolute atomic E-state index is 0.194. The minimum Gasteiger partial charge on any atom is -0.490 e. The van der Waals surface area contributed by atoms with E-state index in [1.54, 1.807) is 24.3 Å². The number of rotatable bonds is 15. The molecule has 7 heteroatoms. The number of hydrogen-bond donors (Lipinski definition) is 0. The lowest BCUT2D eigenvalue weighted by Crippen LogP contribution is -2.10. The van der Waals surface area contributed by atoms with Gasteiger partial charge in [-0.1, -0.05) is 70.9 Å². The first kappa shape index (κ1) is 28.2. The molecule has 0 saturated heterocycles. The van der Waals surface area contributed by atoms with Crippen LogP contribution < -0.4 is 9.47 Å². The molecule has 0 amide bonds. The first-order chi connectivity index (χ1) is 18.0. The van der Waals surface area contributed by atoms with Crippen molar-refractivity contribution < 1.29 is 23.0 Å². The molecular weight excluding hydrogens is 474 g/mol. The summed E-state index contributed by atoms with van der Waals surface area (Å²) in [5.74, 6) is -3.35. The molecule has 0 N–H and O–H groups in total. The molecule has 0 atom stereocenters. The predicted octanol–water partition coefficient (Wildman–Crippen LogP) is 8.11. The lowest BCUT2D eigenvalue weighted by Gasteiger charge is -2.11. The molecule has 0 aliphatic carbocycles. The summed E-state index contributed by atoms with van der Waals surface area (Å²) in [6, 6.07) is 8.96. The second kappa shape index (κ2) is 15.0. The normalized spacial score (nSPS) is 10.9. The summed E-state index contributed by atoms with van der Waals surface area (Å²) in [6.07, 6.45) is 14.6. The number of nitrogens with zero attached hydrogens (tertiary/aromatic N) is 2. The van der Waals surface area contributed by atoms with E-state index in [1.165, 1.54) is 37.8 Å². The van der Waals surface area contributed by atoms with Gasteiger partial charge in [-0.05, 0) is 49.1 Å². The van der Waals surface area contributed by atoms with E-state index in [1.807, 2.05) is 12.4 Å². The van der Waals surface area contributed by atoms with Crippen molar-refractivity contribution in [2.45, 2.75) is 78.1 Å². The van der Waals surface area contributed by atoms with Gasteiger partial charge in [-0.3, -0.25) is 0 Å². The van der Waals surface area contributed by atoms with Gasteiger partial charge in [-0.15, -0.1) is 0 Å². The van der Waals surface area contributed by atoms with Crippen molar-refractivity contribution in [1.29, 1.82) is 0 Å². The van der Waals surface area contributed by atoms with Gasteiger partial charge in [-0.25, -0.2) is 14.8 Å². The minimum atomic E-state index is -1.25. The van der Waals surface area contributed by atoms with E-state index >= 15 is 0 Å². The predicted molar refractivity (Wildman–Crippen MR) is 141 cm³/mol. The van der Waals surface area contributed by atoms with Gasteiger partial charge in [0.1, 0.15) is 0 Å². The van der Waals surface area contributed by atoms with E-state index < -0.39 is 23.4 Å². The monoisotopic (exact) mass is 510 g/mol. The van der Waals surface area contributed by atoms with Gasteiger partial charge < -0.3 is 9.47 Å². The summed E-state index contributed by atoms with van der Waals surface area (Å²) in [4.78, 5) is 21.4. The first-order valence-electron chi connectivity index (χ1n) is 13.3. The van der Waals surface area contributed by atoms with Gasteiger partial charge in [0, 0.05) is 18.0 Å². The molecule has 198 valence electrons. The average Bonchev–Trinajstić information content (AvgIpc) is 2.92. The second-order valence-electron chi connectivity index (χ2n) is 9.14. The molecule has 2 aromatic carbocycles. The van der Waals surface area contributed by atoms with Crippen molar-refractivity contribution in [2.75, 3.05) is 6.61 Å². The molecule has 0 spiro atoms. The molecule has 0 unspecified atom stereocenters. The van der Waals surface area contributed by atoms with Gasteiger partial charge in [-0.2, -0.15) is 8.78 Å². The van der Waals surface area contributed by atoms with Crippen molar-refractivity contribution in [3.8, 4) is 22.9 Å². The Morgan fingerprint density at radius 2 is 1.35 bits per heavy atom. The highest BCUT2D eigenvalue weighted by Gasteiger charge is 2.19. The Morgan fingerprint density at radius 1 is 0.757 bits per heavy atom. The van der Waals surface area contributed by atoms with Crippen LogP contribution in [0.25, 0.3) is 11.4 Å². The number of carbonyl (C=O) groups is 1. The standard InChI is InChI=1S/C30H36F2N2O3/c1-3-5-7-9-10-12-22-20-33-29(34-21-22)23-13-15-24(16-14-23)30(35)37-26-18-17-25(27(31)28(26)32)36-19-11-8-6-4-2/h13-18,20-21H,3-12,19H2,1-2H3. The van der Waals surface area contributed by atoms with E-state index in [2.05, 4.69) is 23.8 Å². The molecular formula is C30H36F2N2O3. The summed E-state index contributed by atoms with van der Waals surface area (Å²) in [6.45, 7) is 4.59. The molecule has 1 heterocycles. The highest BCUT2D eigenvalue weighted by molar-refractivity contribution is 5.91. The molecule has 0 saturated carbocycles. The van der Waals surface area contributed by atoms with E-state index in [0.29, 0.717) is 12.4 Å². The Bertz CT molecular complexity index is 1120. The molecule has 0 aliphatic heterocycles. The third-order valence-electron chi connectivity index (χ3n) is 6.12. The highest BCUT2D eigenvalue weighted by atomic mass is 19.2. The fourth-order valence-electron chi connectivity index (χ4n) is 3.90. The molecule has 0 bridgehead atoms. The fourth-order valence-corrected chi connectivity index (χ4v) is 3.90. The third-order valence-corrected chi connectivity index (χ3v) is 6.12. The van der Waals surface area contributed by atoms with Gasteiger partial charge in [0.2, 0.25) is 11.6 Å². The number of halogens is 2. The number of aromatic nitrogens is 2. The molecule has 5 nitrogen and oxygen atoms in total. The average molecular weight is 511 g/mol. The Kier molecular flexibility index (Phi) is 11.5. The van der Waals surface area contributed by atoms with Crippen LogP contribution in [0.4, 0.5) is 8.78 Å². The highest BCUT2D eigenvalue weighted by Crippen LogP contribution is 2.28. The second-order valence-corrected chi connectivity index (χ2v) is 9.14. The summed E-state index contributed by atoms with van der Waals surface area (Å²) >= 11 is 0. The van der Waals surface area contributed by atoms with E-state index in [-0.39, 0.29) is 11.3 Å². The van der Waals surface area contributed by atoms with Crippen molar-refractivity contribution in [3.05, 3.63) is 71.6 Å². The maximum Gasteiger partial charge on any atom is 0.343 e. The number of esters is 1. The quantitative estimate of drug-likeness (QED) is 0.117. The van der Waals surface area contributed by atoms with Crippen molar-refractivity contribution in [3.63, 3.8) is 0 Å². The number of benzene rings is 2. The number of unbranched alkanes of at least 4 members (excludes halogenated alkanes) is 7. The molecule has 3 rings (SSSR count). The Labute approximate surface area is 218 Å². The van der Waals surface area contributed by atoms with Crippen LogP contribution in [0.1, 0.15) is 87.6 Å². The van der Waals surface area contributed by atoms with Crippen molar-refractivity contribution in [1.82, 2.24) is 9.97 Å². The Balaban J connectivity index is 1.55. The van der Waals surface area contributed by atoms with Gasteiger partial charge >= 0.3 is 5.97 Å². The van der Waals surface area contributed by atoms with Crippen LogP contribution in [0.2, 0.25) is 0 Å². The van der Waals surface area contributed by atoms with Crippen molar-refractivity contribution in [2.24, 2.45) is 0 Å². The molecule has 3 aromatic rings. The van der Waals surface area contributed by atoms with E-state index in [4.69, 9.17) is 9.47 Å². The first-order valence-corrected chi connectivity index (χ1v) is 13.3. The summed E-state index contributed by atoms with van der Waals surface area (Å²) in [7, 11) is 0. The topological polar surface area (TPSA) is 61.3 Å². The Morgan fingerprint density at radius 3 is 2.03 bits per heavy atom. The zero-order chi connectivity index (χ0) is 26.5. The van der Waals surface area contributed by atoms with Crippen LogP contribution in [0.15, 0.2) is 48.8 Å². The van der Waals surface area contributed by atoms with Gasteiger partial charge in [0.15, 0.2) is 17.3 Å². The van der Waals surface area contributed by atoms with Crippen LogP contribution in [0.5, 0.6) is 11.5 Å². The van der Waals surface area contributed by atoms with Gasteiger partial charge in [0.25, 0.3) is 0 Å². The van der Waals surface area contributed by atoms with Crippen LogP contribution in [0.3, 0.4) is 0 Å². The zero-order valence-electron chi connectivity index (χ0n) is 21.8. The fraction of sp³-hybridized carbons (Fsp3) is 0.433. The largest absolute Gasteiger partial charge is 0.490 e. The maximum atomic E-state index is 14.5. The molecule has 1 aromatic heterocycles. The van der Waals surface area contributed by atoms with Crippen LogP contribution in [0, 0.1) is 11.6 Å². The smallest absolute Gasteiger partial charge is 0.343 e. The Hall–Kier alpha value is -3.35. The number of aryl methyl sites for hydroxylation is 1. The summed E-state index contributed by atoms with van der Waals surface area (Å²) < 4.78 is 39.3. The van der Waals surface area contributed by atoms with E-state index in [9.17, 15) is 13.6 Å². The molecule has 0 radical (unpaired) electrons. The van der Waals surface area contributed by atoms with Crippen molar-refractivity contribution >= 4 is 5.97 Å². The summed E-state index contributed by atoms with van der Waals surface area (Å²) in [5.41, 5.74) is 2.04. The number of hydrogen-bond acceptors (Lipinski definition) is 5. The maximum absolute atomic E-state index is 14.5. The molecule has 0 aliphatic rings. The van der Waals surface area contributed by atoms with Crippen LogP contribution in [-0.4, -0.2) is 22.5 Å². The molecule has 37 heavy (non-hydrogen) atoms. The van der Waals surface area contributed by atoms with Gasteiger partial charge in [0.05, 0.1) is 12.2 Å². The molecule has 0 fully saturated rings. The lowest BCUT2D eigenvalue weighted by molar-refractivity contribution is 0.0726. The van der Waals surface area contributed by atoms with Crippen LogP contribution in [-0.2, 0) is 6.42 Å². The summed E-state index contributed by atoms with van der Waals surface area (Å²) in [5, 5.41) is 0. The van der Waals surface area contributed by atoms with E-state index in [0.717, 1.165) is 49.7 Å². The SMILES string of the molecule is CCCCCCCc1cnc(-c2ccc(C(=O)Oc3ccc(OCCCCCC)c(F)c3F)cc2)nc1. The lowest BCUT2D eigenvalue weighted by atomic mass is 10.1. The van der Waals surface area contributed by atoms with Crippen LogP contribution >= 0.6 is 0 Å². The number of ether oxygens (including phenoxy) is 2. The third kappa shape index (κ3) is 8.62.